The first-order valence-corrected chi connectivity index (χ1v) is 8.31. The lowest BCUT2D eigenvalue weighted by atomic mass is 9.80. The van der Waals surface area contributed by atoms with Crippen LogP contribution >= 0.6 is 22.9 Å². The van der Waals surface area contributed by atoms with Crippen LogP contribution in [0.2, 0.25) is 4.34 Å². The van der Waals surface area contributed by atoms with Crippen LogP contribution in [0.1, 0.15) is 30.3 Å². The molecule has 0 bridgehead atoms. The van der Waals surface area contributed by atoms with Crippen LogP contribution in [0.25, 0.3) is 0 Å². The molecule has 1 aromatic carbocycles. The van der Waals surface area contributed by atoms with Crippen LogP contribution in [-0.4, -0.2) is 18.5 Å². The molecule has 0 amide bonds. The average Bonchev–Trinajstić information content (AvgIpc) is 2.83. The van der Waals surface area contributed by atoms with Gasteiger partial charge in [-0.3, -0.25) is 0 Å². The molecule has 2 rings (SSSR count). The first-order valence-electron chi connectivity index (χ1n) is 7.12. The van der Waals surface area contributed by atoms with E-state index in [0.717, 1.165) is 17.4 Å². The maximum Gasteiger partial charge on any atom is 0.0931 e. The highest BCUT2D eigenvalue weighted by Crippen LogP contribution is 2.32. The molecule has 2 N–H and O–H groups in total. The lowest BCUT2D eigenvalue weighted by Gasteiger charge is -2.35. The molecule has 1 atom stereocenters. The predicted molar refractivity (Wildman–Crippen MR) is 92.8 cm³/mol. The number of hydrogen-bond donors (Lipinski definition) is 1. The minimum absolute atomic E-state index is 0.00282. The summed E-state index contributed by atoms with van der Waals surface area (Å²) in [5.74, 6) is 0. The van der Waals surface area contributed by atoms with Gasteiger partial charge in [0.25, 0.3) is 0 Å². The van der Waals surface area contributed by atoms with E-state index in [4.69, 9.17) is 17.3 Å². The summed E-state index contributed by atoms with van der Waals surface area (Å²) in [7, 11) is 2.13. The number of benzene rings is 1. The summed E-state index contributed by atoms with van der Waals surface area (Å²) < 4.78 is 0.846. The van der Waals surface area contributed by atoms with Gasteiger partial charge in [-0.2, -0.15) is 0 Å². The van der Waals surface area contributed by atoms with Crippen molar-refractivity contribution in [3.05, 3.63) is 57.2 Å². The Hall–Kier alpha value is -0.870. The Morgan fingerprint density at radius 2 is 1.86 bits per heavy atom. The van der Waals surface area contributed by atoms with Crippen molar-refractivity contribution in [2.75, 3.05) is 13.6 Å². The average molecular weight is 323 g/mol. The van der Waals surface area contributed by atoms with E-state index in [2.05, 4.69) is 44.0 Å². The van der Waals surface area contributed by atoms with Gasteiger partial charge in [0, 0.05) is 24.0 Å². The maximum absolute atomic E-state index is 6.47. The van der Waals surface area contributed by atoms with Crippen LogP contribution in [0.4, 0.5) is 0 Å². The second kappa shape index (κ2) is 6.93. The number of nitrogens with zero attached hydrogens (tertiary/aromatic N) is 1. The molecule has 1 aromatic heterocycles. The van der Waals surface area contributed by atoms with Crippen molar-refractivity contribution in [2.24, 2.45) is 11.1 Å². The number of halogens is 1. The molecule has 0 aliphatic heterocycles. The van der Waals surface area contributed by atoms with Crippen LogP contribution in [-0.2, 0) is 6.54 Å². The third-order valence-corrected chi connectivity index (χ3v) is 4.95. The molecule has 0 saturated heterocycles. The molecule has 114 valence electrons. The number of thiophene rings is 1. The molecule has 21 heavy (non-hydrogen) atoms. The summed E-state index contributed by atoms with van der Waals surface area (Å²) in [6.45, 7) is 6.28. The quantitative estimate of drug-likeness (QED) is 0.844. The van der Waals surface area contributed by atoms with Crippen molar-refractivity contribution in [1.82, 2.24) is 4.90 Å². The highest BCUT2D eigenvalue weighted by atomic mass is 35.5. The third-order valence-electron chi connectivity index (χ3n) is 3.73. The molecule has 0 spiro atoms. The monoisotopic (exact) mass is 322 g/mol. The van der Waals surface area contributed by atoms with Gasteiger partial charge >= 0.3 is 0 Å². The Morgan fingerprint density at radius 3 is 2.43 bits per heavy atom. The molecular weight excluding hydrogens is 300 g/mol. The van der Waals surface area contributed by atoms with Gasteiger partial charge in [0.05, 0.1) is 4.34 Å². The molecule has 2 aromatic rings. The molecular formula is C17H23ClN2S. The molecule has 1 unspecified atom stereocenters. The van der Waals surface area contributed by atoms with Gasteiger partial charge in [-0.05, 0) is 30.2 Å². The van der Waals surface area contributed by atoms with Gasteiger partial charge < -0.3 is 10.6 Å². The van der Waals surface area contributed by atoms with Gasteiger partial charge in [0.1, 0.15) is 0 Å². The molecule has 0 saturated carbocycles. The Morgan fingerprint density at radius 1 is 1.19 bits per heavy atom. The Bertz CT molecular complexity index is 565. The van der Waals surface area contributed by atoms with Gasteiger partial charge in [-0.15, -0.1) is 11.3 Å². The second-order valence-electron chi connectivity index (χ2n) is 6.26. The van der Waals surface area contributed by atoms with E-state index in [1.165, 1.54) is 10.4 Å². The van der Waals surface area contributed by atoms with E-state index in [-0.39, 0.29) is 11.5 Å². The fourth-order valence-corrected chi connectivity index (χ4v) is 3.83. The van der Waals surface area contributed by atoms with E-state index >= 15 is 0 Å². The van der Waals surface area contributed by atoms with Crippen molar-refractivity contribution in [3.8, 4) is 0 Å². The largest absolute Gasteiger partial charge is 0.323 e. The van der Waals surface area contributed by atoms with Crippen molar-refractivity contribution >= 4 is 22.9 Å². The molecule has 4 heteroatoms. The van der Waals surface area contributed by atoms with Gasteiger partial charge in [0.2, 0.25) is 0 Å². The fourth-order valence-electron chi connectivity index (χ4n) is 2.66. The summed E-state index contributed by atoms with van der Waals surface area (Å²) in [5.41, 5.74) is 7.66. The first-order chi connectivity index (χ1) is 9.88. The number of hydrogen-bond acceptors (Lipinski definition) is 3. The SMILES string of the molecule is CN(Cc1ccc(Cl)s1)CC(C)(C)C(N)c1ccccc1. The van der Waals surface area contributed by atoms with Gasteiger partial charge in [-0.25, -0.2) is 0 Å². The van der Waals surface area contributed by atoms with E-state index < -0.39 is 0 Å². The standard InChI is InChI=1S/C17H23ClN2S/c1-17(2,16(19)13-7-5-4-6-8-13)12-20(3)11-14-9-10-15(18)21-14/h4-10,16H,11-12,19H2,1-3H3. The van der Waals surface area contributed by atoms with E-state index in [1.807, 2.05) is 24.3 Å². The maximum atomic E-state index is 6.47. The zero-order valence-corrected chi connectivity index (χ0v) is 14.4. The van der Waals surface area contributed by atoms with Crippen molar-refractivity contribution in [2.45, 2.75) is 26.4 Å². The Kier molecular flexibility index (Phi) is 5.44. The molecule has 1 heterocycles. The molecule has 2 nitrogen and oxygen atoms in total. The Balaban J connectivity index is 1.99. The zero-order valence-electron chi connectivity index (χ0n) is 12.8. The Labute approximate surface area is 136 Å². The second-order valence-corrected chi connectivity index (χ2v) is 8.05. The van der Waals surface area contributed by atoms with E-state index in [0.29, 0.717) is 0 Å². The summed E-state index contributed by atoms with van der Waals surface area (Å²) in [6, 6.07) is 14.4. The zero-order chi connectivity index (χ0) is 15.5. The predicted octanol–water partition coefficient (Wildman–Crippen LogP) is 4.56. The van der Waals surface area contributed by atoms with Crippen LogP contribution in [0.5, 0.6) is 0 Å². The van der Waals surface area contributed by atoms with Crippen molar-refractivity contribution < 1.29 is 0 Å². The molecule has 0 aliphatic carbocycles. The summed E-state index contributed by atoms with van der Waals surface area (Å²) in [6.07, 6.45) is 0. The highest BCUT2D eigenvalue weighted by Gasteiger charge is 2.29. The lowest BCUT2D eigenvalue weighted by molar-refractivity contribution is 0.173. The van der Waals surface area contributed by atoms with E-state index in [1.54, 1.807) is 11.3 Å². The van der Waals surface area contributed by atoms with Crippen molar-refractivity contribution in [1.29, 1.82) is 0 Å². The first kappa shape index (κ1) is 16.5. The highest BCUT2D eigenvalue weighted by molar-refractivity contribution is 7.16. The van der Waals surface area contributed by atoms with E-state index in [9.17, 15) is 0 Å². The summed E-state index contributed by atoms with van der Waals surface area (Å²) in [4.78, 5) is 3.59. The van der Waals surface area contributed by atoms with Crippen LogP contribution in [0.3, 0.4) is 0 Å². The van der Waals surface area contributed by atoms with Crippen LogP contribution in [0, 0.1) is 5.41 Å². The van der Waals surface area contributed by atoms with Crippen LogP contribution < -0.4 is 5.73 Å². The lowest BCUT2D eigenvalue weighted by Crippen LogP contribution is -2.39. The summed E-state index contributed by atoms with van der Waals surface area (Å²) in [5, 5.41) is 0. The summed E-state index contributed by atoms with van der Waals surface area (Å²) >= 11 is 7.63. The van der Waals surface area contributed by atoms with Gasteiger partial charge in [0.15, 0.2) is 0 Å². The molecule has 0 radical (unpaired) electrons. The van der Waals surface area contributed by atoms with Gasteiger partial charge in [-0.1, -0.05) is 55.8 Å². The normalized spacial score (nSPS) is 13.6. The molecule has 0 aliphatic rings. The number of rotatable bonds is 6. The fraction of sp³-hybridized carbons (Fsp3) is 0.412. The van der Waals surface area contributed by atoms with Crippen molar-refractivity contribution in [3.63, 3.8) is 0 Å². The number of nitrogens with two attached hydrogens (primary N) is 1. The third kappa shape index (κ3) is 4.55. The molecule has 0 fully saturated rings. The topological polar surface area (TPSA) is 29.3 Å². The van der Waals surface area contributed by atoms with Crippen LogP contribution in [0.15, 0.2) is 42.5 Å². The minimum atomic E-state index is -0.00282. The smallest absolute Gasteiger partial charge is 0.0931 e. The minimum Gasteiger partial charge on any atom is -0.323 e.